The van der Waals surface area contributed by atoms with Crippen LogP contribution in [0, 0.1) is 6.92 Å². The van der Waals surface area contributed by atoms with Crippen molar-refractivity contribution in [3.05, 3.63) is 59.7 Å². The zero-order valence-electron chi connectivity index (χ0n) is 16.4. The summed E-state index contributed by atoms with van der Waals surface area (Å²) in [5, 5.41) is 12.6. The number of benzene rings is 2. The fourth-order valence-corrected chi connectivity index (χ4v) is 4.15. The Bertz CT molecular complexity index is 824. The van der Waals surface area contributed by atoms with Gasteiger partial charge in [-0.05, 0) is 74.6 Å². The van der Waals surface area contributed by atoms with E-state index in [1.807, 2.05) is 24.3 Å². The average molecular weight is 398 g/mol. The number of carbonyl (C=O) groups excluding carboxylic acids is 1. The maximum absolute atomic E-state index is 12.3. The summed E-state index contributed by atoms with van der Waals surface area (Å²) < 4.78 is 5.35. The van der Waals surface area contributed by atoms with Crippen LogP contribution in [0.25, 0.3) is 6.08 Å². The first-order valence-electron chi connectivity index (χ1n) is 9.62. The second-order valence-electron chi connectivity index (χ2n) is 7.17. The first-order valence-corrected chi connectivity index (χ1v) is 10.4. The van der Waals surface area contributed by atoms with Gasteiger partial charge in [0.15, 0.2) is 0 Å². The molecule has 0 spiro atoms. The number of aryl methyl sites for hydroxylation is 1. The number of hydrogen-bond acceptors (Lipinski definition) is 4. The third-order valence-electron chi connectivity index (χ3n) is 4.92. The molecule has 0 aliphatic heterocycles. The maximum atomic E-state index is 12.3. The Labute approximate surface area is 171 Å². The van der Waals surface area contributed by atoms with Gasteiger partial charge in [0, 0.05) is 21.9 Å². The molecule has 0 aromatic heterocycles. The highest BCUT2D eigenvalue weighted by molar-refractivity contribution is 7.99. The molecule has 0 unspecified atom stereocenters. The van der Waals surface area contributed by atoms with Crippen molar-refractivity contribution in [1.29, 1.82) is 0 Å². The molecule has 4 nitrogen and oxygen atoms in total. The zero-order valence-corrected chi connectivity index (χ0v) is 17.2. The van der Waals surface area contributed by atoms with Crippen molar-refractivity contribution in [2.24, 2.45) is 0 Å². The zero-order chi connectivity index (χ0) is 19.9. The van der Waals surface area contributed by atoms with Crippen LogP contribution < -0.4 is 10.1 Å². The van der Waals surface area contributed by atoms with E-state index in [1.54, 1.807) is 24.9 Å². The van der Waals surface area contributed by atoms with E-state index in [0.29, 0.717) is 0 Å². The van der Waals surface area contributed by atoms with Gasteiger partial charge in [-0.1, -0.05) is 29.5 Å². The minimum absolute atomic E-state index is 0.101. The Kier molecular flexibility index (Phi) is 7.18. The number of nitrogens with one attached hydrogen (secondary N) is 1. The number of aliphatic hydroxyl groups is 1. The van der Waals surface area contributed by atoms with Gasteiger partial charge in [-0.25, -0.2) is 0 Å². The minimum Gasteiger partial charge on any atom is -0.497 e. The third kappa shape index (κ3) is 5.88. The molecule has 1 saturated carbocycles. The van der Waals surface area contributed by atoms with Crippen LogP contribution in [0.3, 0.4) is 0 Å². The van der Waals surface area contributed by atoms with Crippen LogP contribution in [0.4, 0.5) is 0 Å². The smallest absolute Gasteiger partial charge is 0.244 e. The van der Waals surface area contributed by atoms with Crippen LogP contribution >= 0.6 is 11.8 Å². The molecular formula is C23H27NO3S. The molecule has 1 aliphatic rings. The normalized spacial score (nSPS) is 19.5. The number of hydrogen-bond donors (Lipinski definition) is 2. The van der Waals surface area contributed by atoms with Crippen LogP contribution in [-0.4, -0.2) is 30.3 Å². The molecule has 0 heterocycles. The summed E-state index contributed by atoms with van der Waals surface area (Å²) in [5.41, 5.74) is 2.17. The topological polar surface area (TPSA) is 58.6 Å². The highest BCUT2D eigenvalue weighted by atomic mass is 32.2. The molecule has 2 aromatic carbocycles. The fraction of sp³-hybridized carbons (Fsp3) is 0.348. The van der Waals surface area contributed by atoms with E-state index in [-0.39, 0.29) is 18.1 Å². The summed E-state index contributed by atoms with van der Waals surface area (Å²) in [6, 6.07) is 14.4. The minimum atomic E-state index is -0.221. The van der Waals surface area contributed by atoms with Gasteiger partial charge in [0.25, 0.3) is 0 Å². The van der Waals surface area contributed by atoms with Crippen molar-refractivity contribution in [2.75, 3.05) is 7.11 Å². The first-order chi connectivity index (χ1) is 13.5. The molecule has 2 N–H and O–H groups in total. The summed E-state index contributed by atoms with van der Waals surface area (Å²) in [4.78, 5) is 14.5. The average Bonchev–Trinajstić information content (AvgIpc) is 2.70. The van der Waals surface area contributed by atoms with Crippen LogP contribution in [0.2, 0.25) is 0 Å². The second-order valence-corrected chi connectivity index (χ2v) is 8.28. The lowest BCUT2D eigenvalue weighted by Gasteiger charge is -2.25. The number of aliphatic hydroxyl groups excluding tert-OH is 1. The number of methoxy groups -OCH3 is 1. The monoisotopic (exact) mass is 397 g/mol. The summed E-state index contributed by atoms with van der Waals surface area (Å²) in [6.07, 6.45) is 6.36. The molecule has 0 atom stereocenters. The summed E-state index contributed by atoms with van der Waals surface area (Å²) in [5.74, 6) is 0.657. The first kappa shape index (κ1) is 20.5. The maximum Gasteiger partial charge on any atom is 0.244 e. The van der Waals surface area contributed by atoms with Crippen LogP contribution in [0.1, 0.15) is 36.8 Å². The van der Waals surface area contributed by atoms with Crippen LogP contribution in [0.5, 0.6) is 5.75 Å². The largest absolute Gasteiger partial charge is 0.497 e. The Morgan fingerprint density at radius 2 is 1.86 bits per heavy atom. The Morgan fingerprint density at radius 3 is 2.54 bits per heavy atom. The van der Waals surface area contributed by atoms with Gasteiger partial charge < -0.3 is 15.2 Å². The summed E-state index contributed by atoms with van der Waals surface area (Å²) in [7, 11) is 1.64. The van der Waals surface area contributed by atoms with E-state index in [4.69, 9.17) is 4.74 Å². The van der Waals surface area contributed by atoms with Crippen LogP contribution in [-0.2, 0) is 4.79 Å². The molecule has 1 aliphatic carbocycles. The molecule has 0 radical (unpaired) electrons. The Hall–Kier alpha value is -2.24. The van der Waals surface area contributed by atoms with Gasteiger partial charge in [0.05, 0.1) is 13.2 Å². The van der Waals surface area contributed by atoms with E-state index in [0.717, 1.165) is 46.8 Å². The van der Waals surface area contributed by atoms with Crippen molar-refractivity contribution in [1.82, 2.24) is 5.32 Å². The van der Waals surface area contributed by atoms with E-state index in [9.17, 15) is 9.90 Å². The molecule has 148 valence electrons. The predicted octanol–water partition coefficient (Wildman–Crippen LogP) is 4.59. The van der Waals surface area contributed by atoms with Crippen molar-refractivity contribution >= 4 is 23.7 Å². The molecule has 28 heavy (non-hydrogen) atoms. The quantitative estimate of drug-likeness (QED) is 0.700. The molecular weight excluding hydrogens is 370 g/mol. The van der Waals surface area contributed by atoms with E-state index < -0.39 is 0 Å². The molecule has 0 saturated heterocycles. The van der Waals surface area contributed by atoms with Crippen LogP contribution in [0.15, 0.2) is 58.3 Å². The van der Waals surface area contributed by atoms with Gasteiger partial charge >= 0.3 is 0 Å². The Morgan fingerprint density at radius 1 is 1.14 bits per heavy atom. The van der Waals surface area contributed by atoms with Gasteiger partial charge in [0.2, 0.25) is 5.91 Å². The molecule has 3 rings (SSSR count). The number of carbonyl (C=O) groups is 1. The van der Waals surface area contributed by atoms with E-state index in [2.05, 4.69) is 36.5 Å². The molecule has 2 aromatic rings. The van der Waals surface area contributed by atoms with Crippen molar-refractivity contribution in [2.45, 2.75) is 54.5 Å². The van der Waals surface area contributed by atoms with Gasteiger partial charge in [0.1, 0.15) is 5.75 Å². The van der Waals surface area contributed by atoms with E-state index in [1.165, 1.54) is 5.56 Å². The molecule has 1 fully saturated rings. The second kappa shape index (κ2) is 9.80. The van der Waals surface area contributed by atoms with Gasteiger partial charge in [-0.3, -0.25) is 4.79 Å². The lowest BCUT2D eigenvalue weighted by Crippen LogP contribution is -2.37. The summed E-state index contributed by atoms with van der Waals surface area (Å²) >= 11 is 1.66. The SMILES string of the molecule is COc1ccc(Sc2ccc(C)cc2)c(/C=C/C(=O)NC2CCC(O)CC2)c1. The molecule has 1 amide bonds. The van der Waals surface area contributed by atoms with Crippen molar-refractivity contribution in [3.63, 3.8) is 0 Å². The molecule has 5 heteroatoms. The van der Waals surface area contributed by atoms with Crippen molar-refractivity contribution in [3.8, 4) is 5.75 Å². The highest BCUT2D eigenvalue weighted by Crippen LogP contribution is 2.33. The summed E-state index contributed by atoms with van der Waals surface area (Å²) in [6.45, 7) is 2.07. The number of amides is 1. The van der Waals surface area contributed by atoms with E-state index >= 15 is 0 Å². The van der Waals surface area contributed by atoms with Crippen molar-refractivity contribution < 1.29 is 14.6 Å². The number of ether oxygens (including phenoxy) is 1. The fourth-order valence-electron chi connectivity index (χ4n) is 3.24. The standard InChI is InChI=1S/C23H27NO3S/c1-16-3-11-21(12-4-16)28-22-13-10-20(27-2)15-17(22)5-14-23(26)24-18-6-8-19(25)9-7-18/h3-5,10-15,18-19,25H,6-9H2,1-2H3,(H,24,26)/b14-5+. The van der Waals surface area contributed by atoms with Gasteiger partial charge in [-0.15, -0.1) is 0 Å². The predicted molar refractivity (Wildman–Crippen MR) is 114 cm³/mol. The third-order valence-corrected chi connectivity index (χ3v) is 6.02. The Balaban J connectivity index is 1.70. The molecule has 0 bridgehead atoms. The number of rotatable bonds is 6. The lowest BCUT2D eigenvalue weighted by molar-refractivity contribution is -0.117. The lowest BCUT2D eigenvalue weighted by atomic mass is 9.93. The van der Waals surface area contributed by atoms with Gasteiger partial charge in [-0.2, -0.15) is 0 Å². The highest BCUT2D eigenvalue weighted by Gasteiger charge is 2.20.